The zero-order chi connectivity index (χ0) is 15.6. The molecule has 0 spiro atoms. The van der Waals surface area contributed by atoms with Crippen LogP contribution in [0.2, 0.25) is 0 Å². The molecule has 1 aromatic carbocycles. The zero-order valence-electron chi connectivity index (χ0n) is 12.7. The molecule has 0 unspecified atom stereocenters. The van der Waals surface area contributed by atoms with Gasteiger partial charge in [-0.25, -0.2) is 18.4 Å². The van der Waals surface area contributed by atoms with Crippen LogP contribution in [0.25, 0.3) is 5.69 Å². The lowest BCUT2D eigenvalue weighted by Crippen LogP contribution is -2.19. The first-order valence-electron chi connectivity index (χ1n) is 6.97. The van der Waals surface area contributed by atoms with E-state index in [2.05, 4.69) is 29.2 Å². The minimum Gasteiger partial charge on any atom is -0.312 e. The molecule has 4 nitrogen and oxygen atoms in total. The van der Waals surface area contributed by atoms with Crippen LogP contribution < -0.4 is 5.32 Å². The topological polar surface area (TPSA) is 42.7 Å². The summed E-state index contributed by atoms with van der Waals surface area (Å²) in [5, 5.41) is 7.19. The number of halogens is 2. The highest BCUT2D eigenvalue weighted by Gasteiger charge is 2.16. The molecule has 2 aromatic rings. The highest BCUT2D eigenvalue weighted by molar-refractivity contribution is 5.38. The number of nitrogens with one attached hydrogen (secondary N) is 1. The highest BCUT2D eigenvalue weighted by atomic mass is 19.1. The quantitative estimate of drug-likeness (QED) is 0.922. The first kappa shape index (κ1) is 15.6. The van der Waals surface area contributed by atoms with Gasteiger partial charge in [-0.2, -0.15) is 5.10 Å². The van der Waals surface area contributed by atoms with Crippen molar-refractivity contribution in [3.8, 4) is 5.69 Å². The minimum atomic E-state index is -0.635. The van der Waals surface area contributed by atoms with Gasteiger partial charge in [0.05, 0.1) is 0 Å². The predicted octanol–water partition coefficient (Wildman–Crippen LogP) is 2.91. The Morgan fingerprint density at radius 1 is 1.19 bits per heavy atom. The molecular weight excluding hydrogens is 274 g/mol. The fourth-order valence-electron chi connectivity index (χ4n) is 2.16. The molecule has 2 rings (SSSR count). The third-order valence-corrected chi connectivity index (χ3v) is 3.05. The van der Waals surface area contributed by atoms with Crippen molar-refractivity contribution >= 4 is 0 Å². The molecule has 114 valence electrons. The van der Waals surface area contributed by atoms with E-state index in [0.29, 0.717) is 29.7 Å². The van der Waals surface area contributed by atoms with Crippen LogP contribution in [0.4, 0.5) is 8.78 Å². The highest BCUT2D eigenvalue weighted by Crippen LogP contribution is 2.20. The summed E-state index contributed by atoms with van der Waals surface area (Å²) < 4.78 is 29.6. The molecule has 0 aliphatic carbocycles. The Hall–Kier alpha value is -1.82. The van der Waals surface area contributed by atoms with Gasteiger partial charge in [0, 0.05) is 6.54 Å². The van der Waals surface area contributed by atoms with Crippen molar-refractivity contribution in [1.82, 2.24) is 20.1 Å². The maximum Gasteiger partial charge on any atom is 0.152 e. The van der Waals surface area contributed by atoms with Crippen molar-refractivity contribution in [2.75, 3.05) is 6.54 Å². The first-order valence-corrected chi connectivity index (χ1v) is 6.97. The monoisotopic (exact) mass is 294 g/mol. The van der Waals surface area contributed by atoms with E-state index >= 15 is 0 Å². The molecule has 0 aliphatic rings. The van der Waals surface area contributed by atoms with Gasteiger partial charge in [0.25, 0.3) is 0 Å². The number of nitrogens with zero attached hydrogens (tertiary/aromatic N) is 3. The summed E-state index contributed by atoms with van der Waals surface area (Å²) in [7, 11) is 0. The van der Waals surface area contributed by atoms with E-state index in [4.69, 9.17) is 0 Å². The van der Waals surface area contributed by atoms with E-state index in [1.165, 1.54) is 16.8 Å². The summed E-state index contributed by atoms with van der Waals surface area (Å²) >= 11 is 0. The van der Waals surface area contributed by atoms with Crippen molar-refractivity contribution < 1.29 is 8.78 Å². The number of benzene rings is 1. The number of hydrogen-bond donors (Lipinski definition) is 1. The number of aromatic nitrogens is 3. The number of hydrogen-bond acceptors (Lipinski definition) is 3. The normalized spacial score (nSPS) is 11.4. The van der Waals surface area contributed by atoms with Crippen LogP contribution in [0.5, 0.6) is 0 Å². The van der Waals surface area contributed by atoms with E-state index in [9.17, 15) is 8.78 Å². The third-order valence-electron chi connectivity index (χ3n) is 3.05. The molecule has 1 aromatic heterocycles. The van der Waals surface area contributed by atoms with E-state index in [1.807, 2.05) is 0 Å². The summed E-state index contributed by atoms with van der Waals surface area (Å²) in [6, 6.07) is 2.67. The fraction of sp³-hybridized carbons (Fsp3) is 0.467. The lowest BCUT2D eigenvalue weighted by atomic mass is 10.1. The molecule has 0 aliphatic heterocycles. The Balaban J connectivity index is 2.27. The van der Waals surface area contributed by atoms with Crippen molar-refractivity contribution in [3.05, 3.63) is 41.0 Å². The molecular formula is C15H20F2N4. The van der Waals surface area contributed by atoms with E-state index in [1.54, 1.807) is 13.8 Å². The Bertz CT molecular complexity index is 612. The van der Waals surface area contributed by atoms with Gasteiger partial charge in [0.15, 0.2) is 11.6 Å². The van der Waals surface area contributed by atoms with Crippen molar-refractivity contribution in [3.63, 3.8) is 0 Å². The molecule has 1 N–H and O–H groups in total. The average Bonchev–Trinajstić information content (AvgIpc) is 2.67. The van der Waals surface area contributed by atoms with Gasteiger partial charge >= 0.3 is 0 Å². The van der Waals surface area contributed by atoms with Gasteiger partial charge < -0.3 is 5.32 Å². The molecule has 1 heterocycles. The van der Waals surface area contributed by atoms with Gasteiger partial charge in [0.1, 0.15) is 17.3 Å². The Morgan fingerprint density at radius 3 is 2.29 bits per heavy atom. The molecule has 0 radical (unpaired) electrons. The molecule has 6 heteroatoms. The SMILES string of the molecule is Cc1nc(C)n(-c2c(F)cc(CNCC(C)C)cc2F)n1. The van der Waals surface area contributed by atoms with Crippen LogP contribution >= 0.6 is 0 Å². The smallest absolute Gasteiger partial charge is 0.152 e. The number of aryl methyl sites for hydroxylation is 2. The summed E-state index contributed by atoms with van der Waals surface area (Å²) in [5.74, 6) is 0.151. The maximum atomic E-state index is 14.2. The third kappa shape index (κ3) is 3.64. The largest absolute Gasteiger partial charge is 0.312 e. The summed E-state index contributed by atoms with van der Waals surface area (Å²) in [5.41, 5.74) is 0.393. The fourth-order valence-corrected chi connectivity index (χ4v) is 2.16. The Morgan fingerprint density at radius 2 is 1.81 bits per heavy atom. The predicted molar refractivity (Wildman–Crippen MR) is 77.3 cm³/mol. The second-order valence-electron chi connectivity index (χ2n) is 5.55. The average molecular weight is 294 g/mol. The lowest BCUT2D eigenvalue weighted by Gasteiger charge is -2.11. The van der Waals surface area contributed by atoms with Crippen molar-refractivity contribution in [2.45, 2.75) is 34.2 Å². The first-order chi connectivity index (χ1) is 9.88. The van der Waals surface area contributed by atoms with Crippen LogP contribution in [-0.2, 0) is 6.54 Å². The summed E-state index contributed by atoms with van der Waals surface area (Å²) in [4.78, 5) is 4.07. The van der Waals surface area contributed by atoms with Crippen LogP contribution in [0, 0.1) is 31.4 Å². The van der Waals surface area contributed by atoms with Crippen LogP contribution in [-0.4, -0.2) is 21.3 Å². The van der Waals surface area contributed by atoms with E-state index in [0.717, 1.165) is 6.54 Å². The number of rotatable bonds is 5. The van der Waals surface area contributed by atoms with Crippen molar-refractivity contribution in [2.24, 2.45) is 5.92 Å². The lowest BCUT2D eigenvalue weighted by molar-refractivity contribution is 0.535. The van der Waals surface area contributed by atoms with Crippen LogP contribution in [0.3, 0.4) is 0 Å². The minimum absolute atomic E-state index is 0.180. The zero-order valence-corrected chi connectivity index (χ0v) is 12.7. The van der Waals surface area contributed by atoms with Gasteiger partial charge in [0.2, 0.25) is 0 Å². The second-order valence-corrected chi connectivity index (χ2v) is 5.55. The van der Waals surface area contributed by atoms with Gasteiger partial charge in [-0.15, -0.1) is 0 Å². The molecule has 0 bridgehead atoms. The van der Waals surface area contributed by atoms with Crippen molar-refractivity contribution in [1.29, 1.82) is 0 Å². The summed E-state index contributed by atoms with van der Waals surface area (Å²) in [6.07, 6.45) is 0. The van der Waals surface area contributed by atoms with Gasteiger partial charge in [-0.3, -0.25) is 0 Å². The van der Waals surface area contributed by atoms with Gasteiger partial charge in [-0.1, -0.05) is 13.8 Å². The molecule has 0 saturated heterocycles. The van der Waals surface area contributed by atoms with Crippen LogP contribution in [0.1, 0.15) is 31.1 Å². The molecule has 21 heavy (non-hydrogen) atoms. The Labute approximate surface area is 123 Å². The van der Waals surface area contributed by atoms with Crippen LogP contribution in [0.15, 0.2) is 12.1 Å². The van der Waals surface area contributed by atoms with Gasteiger partial charge in [-0.05, 0) is 44.0 Å². The second kappa shape index (κ2) is 6.30. The molecule has 0 saturated carbocycles. The molecule has 0 amide bonds. The maximum absolute atomic E-state index is 14.2. The van der Waals surface area contributed by atoms with E-state index < -0.39 is 11.6 Å². The van der Waals surface area contributed by atoms with E-state index in [-0.39, 0.29) is 5.69 Å². The Kier molecular flexibility index (Phi) is 4.67. The standard InChI is InChI=1S/C15H20F2N4/c1-9(2)7-18-8-12-5-13(16)15(14(17)6-12)21-11(4)19-10(3)20-21/h5-6,9,18H,7-8H2,1-4H3. The summed E-state index contributed by atoms with van der Waals surface area (Å²) in [6.45, 7) is 8.73. The molecule has 0 atom stereocenters. The molecule has 0 fully saturated rings.